The molecule has 2 N–H and O–H groups in total. The van der Waals surface area contributed by atoms with Crippen LogP contribution in [0.2, 0.25) is 0 Å². The Kier molecular flexibility index (Phi) is 4.44. The summed E-state index contributed by atoms with van der Waals surface area (Å²) in [4.78, 5) is 0. The van der Waals surface area contributed by atoms with Gasteiger partial charge in [-0.05, 0) is 37.1 Å². The molecule has 0 unspecified atom stereocenters. The van der Waals surface area contributed by atoms with Crippen LogP contribution in [-0.2, 0) is 6.54 Å². The third kappa shape index (κ3) is 3.33. The number of nitrogens with two attached hydrogens (primary N) is 1. The number of hydrogen-bond donors (Lipinski definition) is 1. The van der Waals surface area contributed by atoms with E-state index in [0.717, 1.165) is 11.1 Å². The smallest absolute Gasteiger partial charge is 0.224 e. The summed E-state index contributed by atoms with van der Waals surface area (Å²) in [6, 6.07) is 15.9. The summed E-state index contributed by atoms with van der Waals surface area (Å²) in [6.07, 6.45) is 0. The molecule has 3 aromatic rings. The Hall–Kier alpha value is -3.26. The molecule has 0 fully saturated rings. The third-order valence-electron chi connectivity index (χ3n) is 4.03. The Morgan fingerprint density at radius 1 is 1.16 bits per heavy atom. The van der Waals surface area contributed by atoms with Gasteiger partial charge in [0.05, 0.1) is 12.2 Å². The van der Waals surface area contributed by atoms with Crippen LogP contribution in [0.1, 0.15) is 22.4 Å². The van der Waals surface area contributed by atoms with Crippen molar-refractivity contribution in [1.29, 1.82) is 5.26 Å². The van der Waals surface area contributed by atoms with Gasteiger partial charge in [-0.2, -0.15) is 5.26 Å². The van der Waals surface area contributed by atoms with Gasteiger partial charge in [-0.15, -0.1) is 0 Å². The second-order valence-corrected chi connectivity index (χ2v) is 5.95. The lowest BCUT2D eigenvalue weighted by Crippen LogP contribution is -2.07. The van der Waals surface area contributed by atoms with Gasteiger partial charge in [0.25, 0.3) is 0 Å². The van der Waals surface area contributed by atoms with Crippen molar-refractivity contribution in [3.63, 3.8) is 0 Å². The molecule has 4 nitrogen and oxygen atoms in total. The number of nitriles is 1. The van der Waals surface area contributed by atoms with Gasteiger partial charge in [-0.25, -0.2) is 4.39 Å². The fourth-order valence-corrected chi connectivity index (χ4v) is 2.63. The summed E-state index contributed by atoms with van der Waals surface area (Å²) in [6.45, 7) is 4.06. The van der Waals surface area contributed by atoms with E-state index in [1.165, 1.54) is 6.07 Å². The minimum absolute atomic E-state index is 0.160. The quantitative estimate of drug-likeness (QED) is 0.761. The van der Waals surface area contributed by atoms with Crippen molar-refractivity contribution >= 4 is 5.69 Å². The molecule has 1 heterocycles. The van der Waals surface area contributed by atoms with Crippen molar-refractivity contribution in [3.05, 3.63) is 76.7 Å². The molecule has 0 amide bonds. The van der Waals surface area contributed by atoms with Gasteiger partial charge in [0.15, 0.2) is 0 Å². The number of aryl methyl sites for hydroxylation is 2. The van der Waals surface area contributed by atoms with Crippen molar-refractivity contribution in [2.45, 2.75) is 20.4 Å². The zero-order chi connectivity index (χ0) is 18.0. The summed E-state index contributed by atoms with van der Waals surface area (Å²) >= 11 is 0. The van der Waals surface area contributed by atoms with Crippen LogP contribution in [0.4, 0.5) is 10.1 Å². The van der Waals surface area contributed by atoms with Crippen LogP contribution in [0.15, 0.2) is 48.5 Å². The zero-order valence-corrected chi connectivity index (χ0v) is 14.1. The molecule has 3 rings (SSSR count). The topological polar surface area (TPSA) is 64.0 Å². The van der Waals surface area contributed by atoms with Crippen molar-refractivity contribution in [1.82, 2.24) is 4.57 Å². The number of nitrogen functional groups attached to an aromatic ring is 1. The normalized spacial score (nSPS) is 10.5. The fourth-order valence-electron chi connectivity index (χ4n) is 2.63. The minimum atomic E-state index is -0.337. The van der Waals surface area contributed by atoms with E-state index in [-0.39, 0.29) is 12.4 Å². The van der Waals surface area contributed by atoms with E-state index in [1.54, 1.807) is 28.8 Å². The molecule has 1 aromatic heterocycles. The van der Waals surface area contributed by atoms with Gasteiger partial charge < -0.3 is 10.5 Å². The molecule has 0 atom stereocenters. The highest BCUT2D eigenvalue weighted by atomic mass is 19.1. The summed E-state index contributed by atoms with van der Waals surface area (Å²) < 4.78 is 21.6. The molecule has 0 aliphatic heterocycles. The number of rotatable bonds is 4. The van der Waals surface area contributed by atoms with Crippen LogP contribution in [0.3, 0.4) is 0 Å². The Balaban J connectivity index is 2.05. The maximum absolute atomic E-state index is 14.0. The monoisotopic (exact) mass is 335 g/mol. The number of anilines is 1. The Morgan fingerprint density at radius 3 is 2.64 bits per heavy atom. The standard InChI is InChI=1S/C20H18FN3O/c1-13-7-8-14(2)19(9-13)25-20-18(23)10-16(11-22)24(20)12-15-5-3-4-6-17(15)21/h3-10H,12,23H2,1-2H3. The van der Waals surface area contributed by atoms with E-state index in [0.29, 0.717) is 28.6 Å². The molecule has 0 radical (unpaired) electrons. The summed E-state index contributed by atoms with van der Waals surface area (Å²) in [5.74, 6) is 0.661. The van der Waals surface area contributed by atoms with Gasteiger partial charge in [0.2, 0.25) is 5.88 Å². The number of aromatic nitrogens is 1. The number of benzene rings is 2. The highest BCUT2D eigenvalue weighted by molar-refractivity contribution is 5.57. The first-order valence-electron chi connectivity index (χ1n) is 7.87. The first-order valence-corrected chi connectivity index (χ1v) is 7.87. The minimum Gasteiger partial charge on any atom is -0.438 e. The fraction of sp³-hybridized carbons (Fsp3) is 0.150. The van der Waals surface area contributed by atoms with Crippen LogP contribution in [0.25, 0.3) is 0 Å². The average molecular weight is 335 g/mol. The van der Waals surface area contributed by atoms with Crippen molar-refractivity contribution in [2.75, 3.05) is 5.73 Å². The van der Waals surface area contributed by atoms with E-state index in [9.17, 15) is 9.65 Å². The zero-order valence-electron chi connectivity index (χ0n) is 14.1. The Labute approximate surface area is 145 Å². The van der Waals surface area contributed by atoms with E-state index < -0.39 is 0 Å². The van der Waals surface area contributed by atoms with E-state index in [4.69, 9.17) is 10.5 Å². The summed E-state index contributed by atoms with van der Waals surface area (Å²) in [5, 5.41) is 9.39. The van der Waals surface area contributed by atoms with Crippen LogP contribution < -0.4 is 10.5 Å². The summed E-state index contributed by atoms with van der Waals surface area (Å²) in [5.41, 5.74) is 9.17. The molecule has 0 aliphatic rings. The van der Waals surface area contributed by atoms with E-state index in [1.807, 2.05) is 32.0 Å². The highest BCUT2D eigenvalue weighted by Gasteiger charge is 2.17. The molecule has 0 spiro atoms. The first-order chi connectivity index (χ1) is 12.0. The average Bonchev–Trinajstić information content (AvgIpc) is 2.88. The van der Waals surface area contributed by atoms with Gasteiger partial charge in [-0.3, -0.25) is 4.57 Å². The van der Waals surface area contributed by atoms with Crippen LogP contribution in [0, 0.1) is 31.0 Å². The molecule has 0 bridgehead atoms. The second-order valence-electron chi connectivity index (χ2n) is 5.95. The van der Waals surface area contributed by atoms with Crippen LogP contribution in [0.5, 0.6) is 11.6 Å². The van der Waals surface area contributed by atoms with E-state index >= 15 is 0 Å². The van der Waals surface area contributed by atoms with Gasteiger partial charge in [-0.1, -0.05) is 30.3 Å². The molecule has 0 aliphatic carbocycles. The van der Waals surface area contributed by atoms with Crippen molar-refractivity contribution in [2.24, 2.45) is 0 Å². The van der Waals surface area contributed by atoms with Gasteiger partial charge >= 0.3 is 0 Å². The van der Waals surface area contributed by atoms with Crippen LogP contribution >= 0.6 is 0 Å². The largest absolute Gasteiger partial charge is 0.438 e. The van der Waals surface area contributed by atoms with Crippen molar-refractivity contribution in [3.8, 4) is 17.7 Å². The lowest BCUT2D eigenvalue weighted by molar-refractivity contribution is 0.432. The SMILES string of the molecule is Cc1ccc(C)c(Oc2c(N)cc(C#N)n2Cc2ccccc2F)c1. The Bertz CT molecular complexity index is 970. The lowest BCUT2D eigenvalue weighted by Gasteiger charge is -2.14. The van der Waals surface area contributed by atoms with Crippen molar-refractivity contribution < 1.29 is 9.13 Å². The maximum Gasteiger partial charge on any atom is 0.224 e. The molecule has 126 valence electrons. The predicted molar refractivity (Wildman–Crippen MR) is 95.1 cm³/mol. The first kappa shape index (κ1) is 16.6. The molecule has 0 saturated carbocycles. The Morgan fingerprint density at radius 2 is 1.92 bits per heavy atom. The molecule has 5 heteroatoms. The highest BCUT2D eigenvalue weighted by Crippen LogP contribution is 2.34. The van der Waals surface area contributed by atoms with Crippen LogP contribution in [-0.4, -0.2) is 4.57 Å². The molecular weight excluding hydrogens is 317 g/mol. The number of nitrogens with zero attached hydrogens (tertiary/aromatic N) is 2. The molecule has 2 aromatic carbocycles. The maximum atomic E-state index is 14.0. The number of ether oxygens (including phenoxy) is 1. The predicted octanol–water partition coefficient (Wildman–Crippen LogP) is 4.54. The third-order valence-corrected chi connectivity index (χ3v) is 4.03. The number of hydrogen-bond acceptors (Lipinski definition) is 3. The van der Waals surface area contributed by atoms with Gasteiger partial charge in [0.1, 0.15) is 23.3 Å². The van der Waals surface area contributed by atoms with Gasteiger partial charge in [0, 0.05) is 11.6 Å². The number of halogens is 1. The second kappa shape index (κ2) is 6.70. The molecule has 25 heavy (non-hydrogen) atoms. The molecular formula is C20H18FN3O. The lowest BCUT2D eigenvalue weighted by atomic mass is 10.1. The summed E-state index contributed by atoms with van der Waals surface area (Å²) in [7, 11) is 0. The van der Waals surface area contributed by atoms with E-state index in [2.05, 4.69) is 6.07 Å². The molecule has 0 saturated heterocycles.